The Labute approximate surface area is 499 Å². The van der Waals surface area contributed by atoms with Crippen LogP contribution in [-0.4, -0.2) is 37.2 Å². The Morgan fingerprint density at radius 1 is 0.259 bits per heavy atom. The molecule has 0 aliphatic carbocycles. The molecule has 0 radical (unpaired) electrons. The molecule has 0 bridgehead atoms. The molecular formula is C75H120O6. The molecule has 0 saturated heterocycles. The summed E-state index contributed by atoms with van der Waals surface area (Å²) in [6.07, 6.45) is 98.2. The van der Waals surface area contributed by atoms with Crippen molar-refractivity contribution in [2.75, 3.05) is 13.2 Å². The highest BCUT2D eigenvalue weighted by atomic mass is 16.6. The van der Waals surface area contributed by atoms with Gasteiger partial charge in [0.1, 0.15) is 13.2 Å². The first kappa shape index (κ1) is 76.0. The van der Waals surface area contributed by atoms with Gasteiger partial charge in [-0.05, 0) is 148 Å². The number of hydrogen-bond donors (Lipinski definition) is 0. The third kappa shape index (κ3) is 65.7. The van der Waals surface area contributed by atoms with Crippen molar-refractivity contribution in [3.8, 4) is 0 Å². The SMILES string of the molecule is CC/C=C\C/C=C\C/C=C\C/C=C\C/C=C\C/C=C\C/C=C\CCCCCC(=O)OCC(COC(=O)CCCCCCC/C=C\C/C=C\C/C=C\CC)OC(=O)CCCCCCCCCC/C=C\C/C=C\C/C=C\CCCCCCC. The van der Waals surface area contributed by atoms with Crippen LogP contribution in [0.1, 0.15) is 278 Å². The average molecular weight is 1120 g/mol. The molecule has 0 aromatic carbocycles. The summed E-state index contributed by atoms with van der Waals surface area (Å²) in [5.41, 5.74) is 0. The maximum absolute atomic E-state index is 12.9. The van der Waals surface area contributed by atoms with E-state index >= 15 is 0 Å². The third-order valence-electron chi connectivity index (χ3n) is 13.5. The molecule has 0 N–H and O–H groups in total. The summed E-state index contributed by atoms with van der Waals surface area (Å²) in [6.45, 7) is 6.36. The van der Waals surface area contributed by atoms with E-state index in [9.17, 15) is 14.4 Å². The van der Waals surface area contributed by atoms with Crippen LogP contribution in [0.5, 0.6) is 0 Å². The van der Waals surface area contributed by atoms with Crippen LogP contribution in [0.15, 0.2) is 158 Å². The molecule has 0 heterocycles. The maximum atomic E-state index is 12.9. The van der Waals surface area contributed by atoms with Crippen LogP contribution >= 0.6 is 0 Å². The highest BCUT2D eigenvalue weighted by Crippen LogP contribution is 2.14. The minimum Gasteiger partial charge on any atom is -0.462 e. The molecule has 0 fully saturated rings. The van der Waals surface area contributed by atoms with Gasteiger partial charge in [0.05, 0.1) is 0 Å². The molecule has 0 saturated carbocycles. The predicted octanol–water partition coefficient (Wildman–Crippen LogP) is 22.9. The highest BCUT2D eigenvalue weighted by Gasteiger charge is 2.19. The second-order valence-electron chi connectivity index (χ2n) is 21.3. The van der Waals surface area contributed by atoms with Crippen LogP contribution in [0.25, 0.3) is 0 Å². The molecule has 0 spiro atoms. The second-order valence-corrected chi connectivity index (χ2v) is 21.3. The largest absolute Gasteiger partial charge is 0.462 e. The number of rotatable bonds is 58. The van der Waals surface area contributed by atoms with E-state index in [1.807, 2.05) is 0 Å². The van der Waals surface area contributed by atoms with Crippen molar-refractivity contribution in [1.29, 1.82) is 0 Å². The van der Waals surface area contributed by atoms with Gasteiger partial charge >= 0.3 is 17.9 Å². The Morgan fingerprint density at radius 3 is 0.765 bits per heavy atom. The summed E-state index contributed by atoms with van der Waals surface area (Å²) in [7, 11) is 0. The van der Waals surface area contributed by atoms with E-state index < -0.39 is 6.10 Å². The van der Waals surface area contributed by atoms with Gasteiger partial charge in [0.25, 0.3) is 0 Å². The lowest BCUT2D eigenvalue weighted by molar-refractivity contribution is -0.167. The molecule has 0 aromatic rings. The van der Waals surface area contributed by atoms with Crippen LogP contribution in [0, 0.1) is 0 Å². The lowest BCUT2D eigenvalue weighted by atomic mass is 10.1. The van der Waals surface area contributed by atoms with E-state index in [2.05, 4.69) is 179 Å². The predicted molar refractivity (Wildman–Crippen MR) is 352 cm³/mol. The first-order chi connectivity index (χ1) is 40.0. The third-order valence-corrected chi connectivity index (χ3v) is 13.5. The fourth-order valence-corrected chi connectivity index (χ4v) is 8.62. The molecular weight excluding hydrogens is 997 g/mol. The van der Waals surface area contributed by atoms with Gasteiger partial charge in [0, 0.05) is 19.3 Å². The van der Waals surface area contributed by atoms with Gasteiger partial charge < -0.3 is 14.2 Å². The zero-order chi connectivity index (χ0) is 58.5. The second kappa shape index (κ2) is 67.5. The summed E-state index contributed by atoms with van der Waals surface area (Å²) < 4.78 is 16.9. The highest BCUT2D eigenvalue weighted by molar-refractivity contribution is 5.71. The Bertz CT molecular complexity index is 1810. The Balaban J connectivity index is 4.49. The van der Waals surface area contributed by atoms with Crippen molar-refractivity contribution in [3.63, 3.8) is 0 Å². The van der Waals surface area contributed by atoms with Gasteiger partial charge in [-0.1, -0.05) is 269 Å². The van der Waals surface area contributed by atoms with Gasteiger partial charge in [-0.3, -0.25) is 14.4 Å². The number of allylic oxidation sites excluding steroid dienone is 26. The van der Waals surface area contributed by atoms with Crippen LogP contribution in [0.2, 0.25) is 0 Å². The lowest BCUT2D eigenvalue weighted by Gasteiger charge is -2.18. The monoisotopic (exact) mass is 1120 g/mol. The fourth-order valence-electron chi connectivity index (χ4n) is 8.62. The number of carbonyl (C=O) groups is 3. The van der Waals surface area contributed by atoms with Gasteiger partial charge in [-0.15, -0.1) is 0 Å². The van der Waals surface area contributed by atoms with E-state index in [-0.39, 0.29) is 31.1 Å². The van der Waals surface area contributed by atoms with Gasteiger partial charge in [-0.2, -0.15) is 0 Å². The number of unbranched alkanes of at least 4 members (excludes halogenated alkanes) is 21. The van der Waals surface area contributed by atoms with Crippen molar-refractivity contribution in [2.24, 2.45) is 0 Å². The van der Waals surface area contributed by atoms with Crippen molar-refractivity contribution in [2.45, 2.75) is 284 Å². The molecule has 0 aromatic heterocycles. The van der Waals surface area contributed by atoms with Crippen molar-refractivity contribution < 1.29 is 28.6 Å². The lowest BCUT2D eigenvalue weighted by Crippen LogP contribution is -2.30. The zero-order valence-corrected chi connectivity index (χ0v) is 52.2. The summed E-state index contributed by atoms with van der Waals surface area (Å²) in [6, 6.07) is 0. The number of esters is 3. The maximum Gasteiger partial charge on any atom is 0.306 e. The Kier molecular flexibility index (Phi) is 63.4. The molecule has 456 valence electrons. The molecule has 0 rings (SSSR count). The molecule has 81 heavy (non-hydrogen) atoms. The van der Waals surface area contributed by atoms with Gasteiger partial charge in [-0.25, -0.2) is 0 Å². The van der Waals surface area contributed by atoms with Crippen molar-refractivity contribution in [3.05, 3.63) is 158 Å². The van der Waals surface area contributed by atoms with Crippen LogP contribution in [0.4, 0.5) is 0 Å². The molecule has 6 heteroatoms. The van der Waals surface area contributed by atoms with E-state index in [0.717, 1.165) is 167 Å². The fraction of sp³-hybridized carbons (Fsp3) is 0.613. The summed E-state index contributed by atoms with van der Waals surface area (Å²) in [5, 5.41) is 0. The molecule has 6 nitrogen and oxygen atoms in total. The van der Waals surface area contributed by atoms with E-state index in [4.69, 9.17) is 14.2 Å². The molecule has 0 aliphatic heterocycles. The first-order valence-electron chi connectivity index (χ1n) is 33.0. The minimum atomic E-state index is -0.814. The van der Waals surface area contributed by atoms with E-state index in [1.54, 1.807) is 0 Å². The molecule has 0 aliphatic rings. The smallest absolute Gasteiger partial charge is 0.306 e. The molecule has 0 amide bonds. The summed E-state index contributed by atoms with van der Waals surface area (Å²) >= 11 is 0. The van der Waals surface area contributed by atoms with Crippen LogP contribution in [-0.2, 0) is 28.6 Å². The average Bonchev–Trinajstić information content (AvgIpc) is 3.47. The number of carbonyl (C=O) groups excluding carboxylic acids is 3. The quantitative estimate of drug-likeness (QED) is 0.0261. The van der Waals surface area contributed by atoms with E-state index in [1.165, 1.54) is 70.6 Å². The minimum absolute atomic E-state index is 0.107. The van der Waals surface area contributed by atoms with E-state index in [0.29, 0.717) is 19.3 Å². The van der Waals surface area contributed by atoms with Crippen molar-refractivity contribution in [1.82, 2.24) is 0 Å². The first-order valence-corrected chi connectivity index (χ1v) is 33.0. The van der Waals surface area contributed by atoms with Gasteiger partial charge in [0.15, 0.2) is 6.10 Å². The Hall–Kier alpha value is -4.97. The molecule has 1 atom stereocenters. The normalized spacial score (nSPS) is 13.2. The zero-order valence-electron chi connectivity index (χ0n) is 52.2. The standard InChI is InChI=1S/C75H120O6/c1-4-7-10-13-16-19-22-25-28-30-32-34-36-37-39-40-42-44-47-50-53-56-59-62-65-68-74(77)80-71-72(70-79-73(76)67-64-61-58-55-52-49-46-27-24-21-18-15-12-9-6-3)81-75(78)69-66-63-60-57-54-51-48-45-43-41-38-35-33-31-29-26-23-20-17-14-11-8-5-2/h7,9-10,12,16,18-19,21,23,25-28,31-34,37-39,41-42,44,46,50,53,72H,4-6,8,11,13-15,17,20,22,24,29-30,35-36,40,43,45,47-49,51-52,54-71H2,1-3H3/b10-7-,12-9-,19-16-,21-18-,26-23-,28-25-,33-31-,34-32-,39-37-,41-38-,44-42-,46-27-,53-50-. The topological polar surface area (TPSA) is 78.9 Å². The van der Waals surface area contributed by atoms with Crippen molar-refractivity contribution >= 4 is 17.9 Å². The van der Waals surface area contributed by atoms with Crippen LogP contribution in [0.3, 0.4) is 0 Å². The summed E-state index contributed by atoms with van der Waals surface area (Å²) in [4.78, 5) is 38.4. The number of ether oxygens (including phenoxy) is 3. The van der Waals surface area contributed by atoms with Gasteiger partial charge in [0.2, 0.25) is 0 Å². The Morgan fingerprint density at radius 2 is 0.481 bits per heavy atom. The molecule has 1 unspecified atom stereocenters. The summed E-state index contributed by atoms with van der Waals surface area (Å²) in [5.74, 6) is -0.965. The van der Waals surface area contributed by atoms with Crippen LogP contribution < -0.4 is 0 Å². The number of hydrogen-bond acceptors (Lipinski definition) is 6.